The Hall–Kier alpha value is -3.70. The number of hydrogen-bond donors (Lipinski definition) is 1. The summed E-state index contributed by atoms with van der Waals surface area (Å²) in [5, 5.41) is 11.9. The van der Waals surface area contributed by atoms with Crippen molar-refractivity contribution in [1.29, 1.82) is 0 Å². The smallest absolute Gasteiger partial charge is 0.337 e. The molecule has 0 saturated carbocycles. The summed E-state index contributed by atoms with van der Waals surface area (Å²) in [4.78, 5) is 20.9. The molecule has 0 saturated heterocycles. The molecular formula is C24H15ClN2O3. The molecule has 0 amide bonds. The van der Waals surface area contributed by atoms with Crippen LogP contribution >= 0.6 is 11.6 Å². The van der Waals surface area contributed by atoms with Gasteiger partial charge in [0.1, 0.15) is 17.9 Å². The van der Waals surface area contributed by atoms with Crippen molar-refractivity contribution >= 4 is 50.4 Å². The van der Waals surface area contributed by atoms with Crippen LogP contribution in [0.2, 0.25) is 5.02 Å². The Kier molecular flexibility index (Phi) is 4.45. The van der Waals surface area contributed by atoms with Gasteiger partial charge in [-0.3, -0.25) is 0 Å². The van der Waals surface area contributed by atoms with E-state index in [1.807, 2.05) is 54.6 Å². The van der Waals surface area contributed by atoms with Crippen molar-refractivity contribution in [2.45, 2.75) is 6.61 Å². The number of hydrogen-bond acceptors (Lipinski definition) is 4. The molecule has 30 heavy (non-hydrogen) atoms. The molecule has 5 aromatic rings. The number of halogens is 1. The molecule has 0 spiro atoms. The number of aromatic carboxylic acids is 1. The molecule has 0 aliphatic rings. The molecule has 146 valence electrons. The standard InChI is InChI=1S/C24H15ClN2O3/c25-15-9-7-14(8-10-15)13-30-21-6-2-3-17-16(21)11-12-20-22(17)27-23-18(24(28)29)4-1-5-19(23)26-20/h1-12H,13H2,(H,28,29). The van der Waals surface area contributed by atoms with Gasteiger partial charge in [-0.05, 0) is 48.0 Å². The zero-order chi connectivity index (χ0) is 20.7. The molecule has 6 heteroatoms. The average Bonchev–Trinajstić information content (AvgIpc) is 2.76. The number of carbonyl (C=O) groups is 1. The number of ether oxygens (including phenoxy) is 1. The highest BCUT2D eigenvalue weighted by atomic mass is 35.5. The highest BCUT2D eigenvalue weighted by molar-refractivity contribution is 6.30. The van der Waals surface area contributed by atoms with Crippen molar-refractivity contribution in [2.24, 2.45) is 0 Å². The monoisotopic (exact) mass is 414 g/mol. The van der Waals surface area contributed by atoms with Crippen LogP contribution in [-0.2, 0) is 6.61 Å². The summed E-state index contributed by atoms with van der Waals surface area (Å²) in [5.74, 6) is -0.306. The van der Waals surface area contributed by atoms with Crippen LogP contribution in [0.25, 0.3) is 32.8 Å². The van der Waals surface area contributed by atoms with Crippen molar-refractivity contribution in [1.82, 2.24) is 9.97 Å². The highest BCUT2D eigenvalue weighted by Crippen LogP contribution is 2.32. The first-order chi connectivity index (χ1) is 14.6. The van der Waals surface area contributed by atoms with Gasteiger partial charge < -0.3 is 9.84 Å². The third-order valence-electron chi connectivity index (χ3n) is 4.99. The molecule has 1 aromatic heterocycles. The van der Waals surface area contributed by atoms with Crippen LogP contribution in [0.3, 0.4) is 0 Å². The highest BCUT2D eigenvalue weighted by Gasteiger charge is 2.14. The third kappa shape index (κ3) is 3.19. The van der Waals surface area contributed by atoms with Crippen LogP contribution < -0.4 is 4.74 Å². The molecule has 1 heterocycles. The zero-order valence-electron chi connectivity index (χ0n) is 15.7. The van der Waals surface area contributed by atoms with Gasteiger partial charge in [-0.2, -0.15) is 0 Å². The number of aromatic nitrogens is 2. The molecule has 0 radical (unpaired) electrons. The number of carboxylic acid groups (broad SMARTS) is 1. The topological polar surface area (TPSA) is 72.3 Å². The van der Waals surface area contributed by atoms with Gasteiger partial charge >= 0.3 is 5.97 Å². The first-order valence-corrected chi connectivity index (χ1v) is 9.71. The van der Waals surface area contributed by atoms with E-state index in [0.29, 0.717) is 33.7 Å². The van der Waals surface area contributed by atoms with Crippen LogP contribution in [0.1, 0.15) is 15.9 Å². The van der Waals surface area contributed by atoms with Crippen LogP contribution in [0.15, 0.2) is 72.8 Å². The molecule has 0 fully saturated rings. The second-order valence-electron chi connectivity index (χ2n) is 6.90. The zero-order valence-corrected chi connectivity index (χ0v) is 16.4. The molecule has 0 aliphatic carbocycles. The number of para-hydroxylation sites is 1. The molecule has 1 N–H and O–H groups in total. The van der Waals surface area contributed by atoms with E-state index < -0.39 is 5.97 Å². The van der Waals surface area contributed by atoms with E-state index in [9.17, 15) is 9.90 Å². The van der Waals surface area contributed by atoms with Crippen molar-refractivity contribution in [3.05, 3.63) is 88.9 Å². The van der Waals surface area contributed by atoms with Gasteiger partial charge in [0.25, 0.3) is 0 Å². The second-order valence-corrected chi connectivity index (χ2v) is 7.34. The van der Waals surface area contributed by atoms with E-state index in [1.54, 1.807) is 12.1 Å². The molecule has 0 bridgehead atoms. The largest absolute Gasteiger partial charge is 0.488 e. The minimum Gasteiger partial charge on any atom is -0.488 e. The summed E-state index contributed by atoms with van der Waals surface area (Å²) in [6.45, 7) is 0.404. The van der Waals surface area contributed by atoms with Gasteiger partial charge in [-0.1, -0.05) is 41.9 Å². The molecule has 0 aliphatic heterocycles. The Morgan fingerprint density at radius 1 is 0.833 bits per heavy atom. The summed E-state index contributed by atoms with van der Waals surface area (Å²) in [5.41, 5.74) is 3.41. The fourth-order valence-electron chi connectivity index (χ4n) is 3.53. The lowest BCUT2D eigenvalue weighted by atomic mass is 10.1. The molecule has 0 unspecified atom stereocenters. The first kappa shape index (κ1) is 18.3. The SMILES string of the molecule is O=C(O)c1cccc2nc3ccc4c(OCc5ccc(Cl)cc5)cccc4c3nc12. The van der Waals surface area contributed by atoms with E-state index in [-0.39, 0.29) is 5.56 Å². The van der Waals surface area contributed by atoms with Crippen molar-refractivity contribution < 1.29 is 14.6 Å². The van der Waals surface area contributed by atoms with E-state index in [1.165, 1.54) is 6.07 Å². The number of rotatable bonds is 4. The predicted octanol–water partition coefficient (Wildman–Crippen LogP) is 5.87. The fourth-order valence-corrected chi connectivity index (χ4v) is 3.66. The van der Waals surface area contributed by atoms with Gasteiger partial charge in [0.05, 0.1) is 22.1 Å². The Morgan fingerprint density at radius 2 is 1.60 bits per heavy atom. The average molecular weight is 415 g/mol. The maximum absolute atomic E-state index is 11.6. The number of benzene rings is 4. The van der Waals surface area contributed by atoms with Gasteiger partial charge in [0.15, 0.2) is 0 Å². The van der Waals surface area contributed by atoms with E-state index in [4.69, 9.17) is 16.3 Å². The minimum atomic E-state index is -1.03. The molecule has 0 atom stereocenters. The van der Waals surface area contributed by atoms with Crippen LogP contribution in [0.4, 0.5) is 0 Å². The summed E-state index contributed by atoms with van der Waals surface area (Å²) in [6.07, 6.45) is 0. The lowest BCUT2D eigenvalue weighted by molar-refractivity contribution is 0.0699. The van der Waals surface area contributed by atoms with E-state index in [0.717, 1.165) is 22.1 Å². The van der Waals surface area contributed by atoms with E-state index in [2.05, 4.69) is 9.97 Å². The van der Waals surface area contributed by atoms with Crippen LogP contribution in [0.5, 0.6) is 5.75 Å². The number of fused-ring (bicyclic) bond motifs is 4. The summed E-state index contributed by atoms with van der Waals surface area (Å²) < 4.78 is 6.06. The number of carboxylic acids is 1. The number of nitrogens with zero attached hydrogens (tertiary/aromatic N) is 2. The normalized spacial score (nSPS) is 11.2. The lowest BCUT2D eigenvalue weighted by Gasteiger charge is -2.11. The lowest BCUT2D eigenvalue weighted by Crippen LogP contribution is -2.00. The first-order valence-electron chi connectivity index (χ1n) is 9.33. The molecule has 4 aromatic carbocycles. The molecule has 5 nitrogen and oxygen atoms in total. The van der Waals surface area contributed by atoms with Crippen molar-refractivity contribution in [3.8, 4) is 5.75 Å². The van der Waals surface area contributed by atoms with Gasteiger partial charge in [0, 0.05) is 15.8 Å². The maximum atomic E-state index is 11.6. The predicted molar refractivity (Wildman–Crippen MR) is 117 cm³/mol. The van der Waals surface area contributed by atoms with Crippen molar-refractivity contribution in [3.63, 3.8) is 0 Å². The van der Waals surface area contributed by atoms with Crippen molar-refractivity contribution in [2.75, 3.05) is 0 Å². The Labute approximate surface area is 176 Å². The fraction of sp³-hybridized carbons (Fsp3) is 0.0417. The van der Waals surface area contributed by atoms with Gasteiger partial charge in [-0.15, -0.1) is 0 Å². The molecular weight excluding hydrogens is 400 g/mol. The Bertz CT molecular complexity index is 1430. The van der Waals surface area contributed by atoms with E-state index >= 15 is 0 Å². The summed E-state index contributed by atoms with van der Waals surface area (Å²) in [7, 11) is 0. The van der Waals surface area contributed by atoms with Gasteiger partial charge in [-0.25, -0.2) is 14.8 Å². The minimum absolute atomic E-state index is 0.133. The Morgan fingerprint density at radius 3 is 2.40 bits per heavy atom. The summed E-state index contributed by atoms with van der Waals surface area (Å²) >= 11 is 5.94. The quantitative estimate of drug-likeness (QED) is 0.294. The van der Waals surface area contributed by atoms with Crippen LogP contribution in [-0.4, -0.2) is 21.0 Å². The van der Waals surface area contributed by atoms with Crippen LogP contribution in [0, 0.1) is 0 Å². The van der Waals surface area contributed by atoms with Gasteiger partial charge in [0.2, 0.25) is 0 Å². The third-order valence-corrected chi connectivity index (χ3v) is 5.24. The summed E-state index contributed by atoms with van der Waals surface area (Å²) in [6, 6.07) is 22.1. The maximum Gasteiger partial charge on any atom is 0.337 e. The molecule has 5 rings (SSSR count). The second kappa shape index (κ2) is 7.28. The Balaban J connectivity index is 1.64.